The van der Waals surface area contributed by atoms with Gasteiger partial charge in [0, 0.05) is 13.0 Å². The fraction of sp³-hybridized carbons (Fsp3) is 0.353. The molecule has 0 radical (unpaired) electrons. The first-order valence-corrected chi connectivity index (χ1v) is 7.98. The number of aromatic amines is 1. The Morgan fingerprint density at radius 2 is 1.92 bits per heavy atom. The molecule has 26 heavy (non-hydrogen) atoms. The summed E-state index contributed by atoms with van der Waals surface area (Å²) in [6.07, 6.45) is -4.22. The van der Waals surface area contributed by atoms with Crippen LogP contribution in [0, 0.1) is 6.92 Å². The number of nitrogens with one attached hydrogen (secondary N) is 1. The fourth-order valence-corrected chi connectivity index (χ4v) is 2.87. The van der Waals surface area contributed by atoms with Gasteiger partial charge in [0.2, 0.25) is 0 Å². The number of halogens is 3. The fourth-order valence-electron chi connectivity index (χ4n) is 2.87. The van der Waals surface area contributed by atoms with E-state index in [2.05, 4.69) is 15.1 Å². The SMILES string of the molecule is Cc1nc2c(c(CCO)nn2C(C)c2ccc(C(F)(F)F)cc2)c(=O)[nH]1. The Labute approximate surface area is 146 Å². The molecule has 0 aliphatic rings. The Morgan fingerprint density at radius 1 is 1.27 bits per heavy atom. The normalized spacial score (nSPS) is 13.3. The third-order valence-corrected chi connectivity index (χ3v) is 4.19. The number of alkyl halides is 3. The van der Waals surface area contributed by atoms with Crippen LogP contribution >= 0.6 is 0 Å². The number of aromatic nitrogens is 4. The minimum atomic E-state index is -4.40. The zero-order chi connectivity index (χ0) is 19.1. The van der Waals surface area contributed by atoms with Gasteiger partial charge >= 0.3 is 6.18 Å². The molecule has 1 atom stereocenters. The quantitative estimate of drug-likeness (QED) is 0.743. The first kappa shape index (κ1) is 18.1. The van der Waals surface area contributed by atoms with Crippen LogP contribution in [-0.4, -0.2) is 31.5 Å². The van der Waals surface area contributed by atoms with Crippen molar-refractivity contribution in [3.63, 3.8) is 0 Å². The molecule has 0 saturated carbocycles. The van der Waals surface area contributed by atoms with E-state index in [-0.39, 0.29) is 24.0 Å². The van der Waals surface area contributed by atoms with Crippen LogP contribution in [0.3, 0.4) is 0 Å². The van der Waals surface area contributed by atoms with Gasteiger partial charge in [0.05, 0.1) is 17.3 Å². The third kappa shape index (κ3) is 3.22. The van der Waals surface area contributed by atoms with Crippen molar-refractivity contribution >= 4 is 11.0 Å². The van der Waals surface area contributed by atoms with Crippen molar-refractivity contribution in [3.8, 4) is 0 Å². The van der Waals surface area contributed by atoms with Crippen LogP contribution in [0.2, 0.25) is 0 Å². The molecule has 3 aromatic rings. The van der Waals surface area contributed by atoms with Gasteiger partial charge in [0.25, 0.3) is 5.56 Å². The molecular formula is C17H17F3N4O2. The molecule has 0 saturated heterocycles. The second-order valence-electron chi connectivity index (χ2n) is 6.01. The molecule has 2 aromatic heterocycles. The molecular weight excluding hydrogens is 349 g/mol. The highest BCUT2D eigenvalue weighted by Gasteiger charge is 2.30. The Kier molecular flexibility index (Phi) is 4.57. The zero-order valence-electron chi connectivity index (χ0n) is 14.1. The molecule has 2 N–H and O–H groups in total. The molecule has 0 spiro atoms. The van der Waals surface area contributed by atoms with Crippen LogP contribution < -0.4 is 5.56 Å². The van der Waals surface area contributed by atoms with Gasteiger partial charge in [-0.25, -0.2) is 9.67 Å². The van der Waals surface area contributed by atoms with Crippen LogP contribution in [0.5, 0.6) is 0 Å². The highest BCUT2D eigenvalue weighted by Crippen LogP contribution is 2.31. The summed E-state index contributed by atoms with van der Waals surface area (Å²) in [5.74, 6) is 0.402. The summed E-state index contributed by atoms with van der Waals surface area (Å²) in [5, 5.41) is 13.9. The lowest BCUT2D eigenvalue weighted by Crippen LogP contribution is -2.13. The third-order valence-electron chi connectivity index (χ3n) is 4.19. The number of fused-ring (bicyclic) bond motifs is 1. The van der Waals surface area contributed by atoms with Crippen LogP contribution in [-0.2, 0) is 12.6 Å². The maximum Gasteiger partial charge on any atom is 0.416 e. The number of rotatable bonds is 4. The molecule has 1 unspecified atom stereocenters. The first-order valence-electron chi connectivity index (χ1n) is 7.98. The van der Waals surface area contributed by atoms with E-state index < -0.39 is 17.8 Å². The van der Waals surface area contributed by atoms with Gasteiger partial charge in [-0.15, -0.1) is 0 Å². The van der Waals surface area contributed by atoms with Gasteiger partial charge in [-0.05, 0) is 31.5 Å². The molecule has 9 heteroatoms. The van der Waals surface area contributed by atoms with E-state index in [1.165, 1.54) is 16.8 Å². The van der Waals surface area contributed by atoms with Crippen molar-refractivity contribution in [3.05, 3.63) is 57.3 Å². The Bertz CT molecular complexity index is 990. The standard InChI is InChI=1S/C17H17F3N4O2/c1-9(11-3-5-12(6-4-11)17(18,19)20)24-15-14(13(23-24)7-8-25)16(26)22-10(2)21-15/h3-6,9,25H,7-8H2,1-2H3,(H,21,22,26). The van der Waals surface area contributed by atoms with Crippen LogP contribution in [0.25, 0.3) is 11.0 Å². The second kappa shape index (κ2) is 6.56. The number of hydrogen-bond acceptors (Lipinski definition) is 4. The molecule has 1 aromatic carbocycles. The summed E-state index contributed by atoms with van der Waals surface area (Å²) < 4.78 is 39.7. The number of aryl methyl sites for hydroxylation is 1. The summed E-state index contributed by atoms with van der Waals surface area (Å²) in [6, 6.07) is 4.34. The molecule has 0 aliphatic heterocycles. The van der Waals surface area contributed by atoms with Gasteiger partial charge in [-0.1, -0.05) is 12.1 Å². The monoisotopic (exact) mass is 366 g/mol. The van der Waals surface area contributed by atoms with E-state index in [0.717, 1.165) is 12.1 Å². The lowest BCUT2D eigenvalue weighted by atomic mass is 10.1. The van der Waals surface area contributed by atoms with Crippen molar-refractivity contribution in [2.24, 2.45) is 0 Å². The number of aliphatic hydroxyl groups excluding tert-OH is 1. The highest BCUT2D eigenvalue weighted by atomic mass is 19.4. The molecule has 0 aliphatic carbocycles. The van der Waals surface area contributed by atoms with E-state index in [4.69, 9.17) is 0 Å². The Morgan fingerprint density at radius 3 is 2.50 bits per heavy atom. The van der Waals surface area contributed by atoms with Crippen molar-refractivity contribution in [2.45, 2.75) is 32.5 Å². The lowest BCUT2D eigenvalue weighted by Gasteiger charge is -2.15. The number of hydrogen-bond donors (Lipinski definition) is 2. The van der Waals surface area contributed by atoms with E-state index >= 15 is 0 Å². The van der Waals surface area contributed by atoms with Gasteiger partial charge < -0.3 is 10.1 Å². The maximum absolute atomic E-state index is 12.7. The van der Waals surface area contributed by atoms with Crippen LogP contribution in [0.1, 0.15) is 35.6 Å². The van der Waals surface area contributed by atoms with Gasteiger partial charge in [0.15, 0.2) is 5.65 Å². The largest absolute Gasteiger partial charge is 0.416 e. The van der Waals surface area contributed by atoms with E-state index in [0.29, 0.717) is 22.7 Å². The second-order valence-corrected chi connectivity index (χ2v) is 6.01. The minimum absolute atomic E-state index is 0.178. The lowest BCUT2D eigenvalue weighted by molar-refractivity contribution is -0.137. The first-order chi connectivity index (χ1) is 12.2. The van der Waals surface area contributed by atoms with E-state index in [1.807, 2.05) is 0 Å². The van der Waals surface area contributed by atoms with Crippen molar-refractivity contribution in [2.75, 3.05) is 6.61 Å². The molecule has 2 heterocycles. The van der Waals surface area contributed by atoms with E-state index in [1.54, 1.807) is 13.8 Å². The smallest absolute Gasteiger partial charge is 0.396 e. The van der Waals surface area contributed by atoms with Gasteiger partial charge in [-0.3, -0.25) is 4.79 Å². The van der Waals surface area contributed by atoms with Crippen molar-refractivity contribution < 1.29 is 18.3 Å². The zero-order valence-corrected chi connectivity index (χ0v) is 14.1. The minimum Gasteiger partial charge on any atom is -0.396 e. The maximum atomic E-state index is 12.7. The molecule has 0 bridgehead atoms. The average molecular weight is 366 g/mol. The predicted octanol–water partition coefficient (Wildman–Crippen LogP) is 2.59. The molecule has 0 fully saturated rings. The van der Waals surface area contributed by atoms with Crippen LogP contribution in [0.15, 0.2) is 29.1 Å². The molecule has 3 rings (SSSR count). The number of aliphatic hydroxyl groups is 1. The Balaban J connectivity index is 2.11. The summed E-state index contributed by atoms with van der Waals surface area (Å²) >= 11 is 0. The van der Waals surface area contributed by atoms with E-state index in [9.17, 15) is 23.1 Å². The topological polar surface area (TPSA) is 83.8 Å². The average Bonchev–Trinajstić information content (AvgIpc) is 2.92. The van der Waals surface area contributed by atoms with Crippen molar-refractivity contribution in [1.29, 1.82) is 0 Å². The Hall–Kier alpha value is -2.68. The summed E-state index contributed by atoms with van der Waals surface area (Å²) in [7, 11) is 0. The van der Waals surface area contributed by atoms with Gasteiger partial charge in [0.1, 0.15) is 11.2 Å². The molecule has 6 nitrogen and oxygen atoms in total. The number of nitrogens with zero attached hydrogens (tertiary/aromatic N) is 3. The summed E-state index contributed by atoms with van der Waals surface area (Å²) in [5.41, 5.74) is 0.238. The molecule has 138 valence electrons. The molecule has 0 amide bonds. The summed E-state index contributed by atoms with van der Waals surface area (Å²) in [6.45, 7) is 3.21. The number of benzene rings is 1. The van der Waals surface area contributed by atoms with Crippen molar-refractivity contribution in [1.82, 2.24) is 19.7 Å². The van der Waals surface area contributed by atoms with Crippen LogP contribution in [0.4, 0.5) is 13.2 Å². The number of H-pyrrole nitrogens is 1. The summed E-state index contributed by atoms with van der Waals surface area (Å²) in [4.78, 5) is 19.2. The van der Waals surface area contributed by atoms with Gasteiger partial charge in [-0.2, -0.15) is 18.3 Å². The highest BCUT2D eigenvalue weighted by molar-refractivity contribution is 5.77. The predicted molar refractivity (Wildman–Crippen MR) is 88.9 cm³/mol.